The Bertz CT molecular complexity index is 248. The third-order valence-corrected chi connectivity index (χ3v) is 4.08. The number of alkyl halides is 2. The highest BCUT2D eigenvalue weighted by atomic mass is 79.9. The molecule has 0 bridgehead atoms. The number of hydrogen-bond acceptors (Lipinski definition) is 1. The van der Waals surface area contributed by atoms with Gasteiger partial charge in [-0.1, -0.05) is 34.1 Å². The van der Waals surface area contributed by atoms with Gasteiger partial charge in [0.25, 0.3) is 0 Å². The highest BCUT2D eigenvalue weighted by molar-refractivity contribution is 9.09. The van der Waals surface area contributed by atoms with E-state index in [1.807, 2.05) is 30.3 Å². The van der Waals surface area contributed by atoms with Gasteiger partial charge in [0.2, 0.25) is 0 Å². The van der Waals surface area contributed by atoms with Crippen LogP contribution in [-0.4, -0.2) is 16.8 Å². The van der Waals surface area contributed by atoms with E-state index in [1.54, 1.807) is 18.7 Å². The first kappa shape index (κ1) is 11.1. The molecule has 1 unspecified atom stereocenters. The minimum absolute atomic E-state index is 0.389. The van der Waals surface area contributed by atoms with Crippen LogP contribution < -0.4 is 0 Å². The maximum Gasteiger partial charge on any atom is 0.127 e. The molecule has 0 saturated carbocycles. The highest BCUT2D eigenvalue weighted by Crippen LogP contribution is 2.25. The normalized spacial score (nSPS) is 15.3. The van der Waals surface area contributed by atoms with Gasteiger partial charge in [0.05, 0.1) is 0 Å². The van der Waals surface area contributed by atoms with Gasteiger partial charge in [-0.25, -0.2) is 4.39 Å². The molecule has 0 fully saturated rings. The zero-order valence-electron chi connectivity index (χ0n) is 7.47. The molecule has 3 heteroatoms. The molecule has 1 aromatic carbocycles. The van der Waals surface area contributed by atoms with Gasteiger partial charge in [-0.2, -0.15) is 0 Å². The second-order valence-corrected chi connectivity index (χ2v) is 4.76. The first-order valence-electron chi connectivity index (χ1n) is 4.07. The Balaban J connectivity index is 2.44. The van der Waals surface area contributed by atoms with Crippen LogP contribution in [0.3, 0.4) is 0 Å². The van der Waals surface area contributed by atoms with E-state index < -0.39 is 5.67 Å². The number of benzene rings is 1. The van der Waals surface area contributed by atoms with E-state index in [2.05, 4.69) is 15.9 Å². The van der Waals surface area contributed by atoms with Crippen molar-refractivity contribution in [3.8, 4) is 0 Å². The SMILES string of the molecule is CC(F)(CBr)CSc1ccccc1. The van der Waals surface area contributed by atoms with E-state index in [0.29, 0.717) is 11.1 Å². The van der Waals surface area contributed by atoms with Crippen LogP contribution >= 0.6 is 27.7 Å². The highest BCUT2D eigenvalue weighted by Gasteiger charge is 2.21. The number of hydrogen-bond donors (Lipinski definition) is 0. The lowest BCUT2D eigenvalue weighted by molar-refractivity contribution is 0.261. The average molecular weight is 263 g/mol. The number of thioether (sulfide) groups is 1. The van der Waals surface area contributed by atoms with Gasteiger partial charge in [-0.05, 0) is 19.1 Å². The summed E-state index contributed by atoms with van der Waals surface area (Å²) in [6.45, 7) is 1.61. The minimum atomic E-state index is -1.12. The molecule has 1 aromatic rings. The summed E-state index contributed by atoms with van der Waals surface area (Å²) < 4.78 is 13.4. The number of halogens is 2. The summed E-state index contributed by atoms with van der Waals surface area (Å²) in [6, 6.07) is 9.88. The molecule has 0 aliphatic heterocycles. The molecule has 0 saturated heterocycles. The second kappa shape index (κ2) is 5.01. The first-order chi connectivity index (χ1) is 6.14. The van der Waals surface area contributed by atoms with Crippen molar-refractivity contribution in [2.24, 2.45) is 0 Å². The van der Waals surface area contributed by atoms with Crippen molar-refractivity contribution in [3.05, 3.63) is 30.3 Å². The molecule has 1 atom stereocenters. The molecular formula is C10H12BrFS. The van der Waals surface area contributed by atoms with E-state index >= 15 is 0 Å². The summed E-state index contributed by atoms with van der Waals surface area (Å²) in [4.78, 5) is 1.12. The van der Waals surface area contributed by atoms with Crippen molar-refractivity contribution in [3.63, 3.8) is 0 Å². The van der Waals surface area contributed by atoms with Gasteiger partial charge >= 0.3 is 0 Å². The van der Waals surface area contributed by atoms with E-state index in [1.165, 1.54) is 0 Å². The van der Waals surface area contributed by atoms with Gasteiger partial charge < -0.3 is 0 Å². The smallest absolute Gasteiger partial charge is 0.127 e. The number of rotatable bonds is 4. The van der Waals surface area contributed by atoms with Gasteiger partial charge in [0, 0.05) is 16.0 Å². The zero-order chi connectivity index (χ0) is 9.73. The van der Waals surface area contributed by atoms with Crippen LogP contribution in [0, 0.1) is 0 Å². The van der Waals surface area contributed by atoms with E-state index in [4.69, 9.17) is 0 Å². The van der Waals surface area contributed by atoms with Gasteiger partial charge in [0.1, 0.15) is 5.67 Å². The summed E-state index contributed by atoms with van der Waals surface area (Å²) in [7, 11) is 0. The Morgan fingerprint density at radius 1 is 1.38 bits per heavy atom. The van der Waals surface area contributed by atoms with E-state index in [-0.39, 0.29) is 0 Å². The molecule has 0 nitrogen and oxygen atoms in total. The molecule has 1 rings (SSSR count). The van der Waals surface area contributed by atoms with Crippen LogP contribution in [0.1, 0.15) is 6.92 Å². The van der Waals surface area contributed by atoms with Crippen molar-refractivity contribution < 1.29 is 4.39 Å². The molecule has 13 heavy (non-hydrogen) atoms. The van der Waals surface area contributed by atoms with Crippen molar-refractivity contribution in [2.75, 3.05) is 11.1 Å². The van der Waals surface area contributed by atoms with Gasteiger partial charge in [-0.3, -0.25) is 0 Å². The first-order valence-corrected chi connectivity index (χ1v) is 6.17. The Morgan fingerprint density at radius 3 is 2.54 bits per heavy atom. The lowest BCUT2D eigenvalue weighted by atomic mass is 10.2. The largest absolute Gasteiger partial charge is 0.242 e. The predicted octanol–water partition coefficient (Wildman–Crippen LogP) is 3.90. The van der Waals surface area contributed by atoms with Crippen LogP contribution in [0.15, 0.2) is 35.2 Å². The molecule has 0 aliphatic carbocycles. The Hall–Kier alpha value is -0.0200. The van der Waals surface area contributed by atoms with Crippen LogP contribution in [0.4, 0.5) is 4.39 Å². The molecule has 72 valence electrons. The predicted molar refractivity (Wildman–Crippen MR) is 60.5 cm³/mol. The third kappa shape index (κ3) is 4.14. The van der Waals surface area contributed by atoms with Crippen molar-refractivity contribution in [1.82, 2.24) is 0 Å². The summed E-state index contributed by atoms with van der Waals surface area (Å²) in [5.41, 5.74) is -1.12. The molecule has 0 heterocycles. The van der Waals surface area contributed by atoms with Crippen molar-refractivity contribution in [2.45, 2.75) is 17.5 Å². The van der Waals surface area contributed by atoms with Crippen LogP contribution in [0.25, 0.3) is 0 Å². The van der Waals surface area contributed by atoms with E-state index in [0.717, 1.165) is 4.90 Å². The molecule has 0 amide bonds. The fourth-order valence-corrected chi connectivity index (χ4v) is 2.17. The van der Waals surface area contributed by atoms with Gasteiger partial charge in [-0.15, -0.1) is 11.8 Å². The molecule has 0 N–H and O–H groups in total. The quantitative estimate of drug-likeness (QED) is 0.586. The fraction of sp³-hybridized carbons (Fsp3) is 0.400. The third-order valence-electron chi connectivity index (χ3n) is 1.56. The van der Waals surface area contributed by atoms with Crippen LogP contribution in [0.5, 0.6) is 0 Å². The van der Waals surface area contributed by atoms with Crippen LogP contribution in [0.2, 0.25) is 0 Å². The Morgan fingerprint density at radius 2 is 2.00 bits per heavy atom. The fourth-order valence-electron chi connectivity index (χ4n) is 0.789. The summed E-state index contributed by atoms with van der Waals surface area (Å²) >= 11 is 4.70. The van der Waals surface area contributed by atoms with Crippen molar-refractivity contribution in [1.29, 1.82) is 0 Å². The average Bonchev–Trinajstić information content (AvgIpc) is 2.17. The maximum atomic E-state index is 13.4. The lowest BCUT2D eigenvalue weighted by Gasteiger charge is -2.15. The van der Waals surface area contributed by atoms with Crippen molar-refractivity contribution >= 4 is 27.7 Å². The minimum Gasteiger partial charge on any atom is -0.242 e. The monoisotopic (exact) mass is 262 g/mol. The Labute approximate surface area is 91.0 Å². The molecular weight excluding hydrogens is 251 g/mol. The Kier molecular flexibility index (Phi) is 4.26. The summed E-state index contributed by atoms with van der Waals surface area (Å²) in [5.74, 6) is 0.488. The zero-order valence-corrected chi connectivity index (χ0v) is 9.87. The molecule has 0 spiro atoms. The molecule has 0 aliphatic rings. The molecule has 0 radical (unpaired) electrons. The maximum absolute atomic E-state index is 13.4. The summed E-state index contributed by atoms with van der Waals surface area (Å²) in [5, 5.41) is 0.389. The van der Waals surface area contributed by atoms with Crippen LogP contribution in [-0.2, 0) is 0 Å². The topological polar surface area (TPSA) is 0 Å². The second-order valence-electron chi connectivity index (χ2n) is 3.15. The van der Waals surface area contributed by atoms with Gasteiger partial charge in [0.15, 0.2) is 0 Å². The standard InChI is InChI=1S/C10H12BrFS/c1-10(12,7-11)8-13-9-5-3-2-4-6-9/h2-6H,7-8H2,1H3. The summed E-state index contributed by atoms with van der Waals surface area (Å²) in [6.07, 6.45) is 0. The lowest BCUT2D eigenvalue weighted by Crippen LogP contribution is -2.22. The van der Waals surface area contributed by atoms with E-state index in [9.17, 15) is 4.39 Å². The molecule has 0 aromatic heterocycles.